The fourth-order valence-electron chi connectivity index (χ4n) is 2.39. The minimum absolute atomic E-state index is 0.0826. The predicted octanol–water partition coefficient (Wildman–Crippen LogP) is 3.43. The summed E-state index contributed by atoms with van der Waals surface area (Å²) in [6.07, 6.45) is 4.67. The molecule has 0 amide bonds. The van der Waals surface area contributed by atoms with Gasteiger partial charge in [0.15, 0.2) is 23.3 Å². The van der Waals surface area contributed by atoms with E-state index in [9.17, 15) is 9.18 Å². The summed E-state index contributed by atoms with van der Waals surface area (Å²) in [4.78, 5) is 20.6. The maximum absolute atomic E-state index is 14.0. The molecular formula is C16H14FN5OS. The summed E-state index contributed by atoms with van der Waals surface area (Å²) in [7, 11) is 0. The second-order valence-electron chi connectivity index (χ2n) is 5.63. The van der Waals surface area contributed by atoms with Crippen molar-refractivity contribution >= 4 is 29.3 Å². The number of H-pyrrole nitrogens is 1. The highest BCUT2D eigenvalue weighted by atomic mass is 32.1. The lowest BCUT2D eigenvalue weighted by atomic mass is 10.3. The van der Waals surface area contributed by atoms with Crippen molar-refractivity contribution in [1.29, 1.82) is 0 Å². The van der Waals surface area contributed by atoms with Gasteiger partial charge in [-0.2, -0.15) is 5.10 Å². The summed E-state index contributed by atoms with van der Waals surface area (Å²) >= 11 is 1.42. The zero-order valence-electron chi connectivity index (χ0n) is 12.6. The van der Waals surface area contributed by atoms with Crippen LogP contribution in [0.1, 0.15) is 29.3 Å². The lowest BCUT2D eigenvalue weighted by Crippen LogP contribution is -2.00. The smallest absolute Gasteiger partial charge is 0.184 e. The number of hydrogen-bond donors (Lipinski definition) is 2. The van der Waals surface area contributed by atoms with Crippen LogP contribution in [0.4, 0.5) is 16.0 Å². The van der Waals surface area contributed by atoms with E-state index in [0.717, 1.165) is 40.8 Å². The number of carbonyl (C=O) groups is 1. The van der Waals surface area contributed by atoms with Crippen molar-refractivity contribution in [3.63, 3.8) is 0 Å². The van der Waals surface area contributed by atoms with E-state index >= 15 is 0 Å². The van der Waals surface area contributed by atoms with Crippen LogP contribution in [0.25, 0.3) is 10.7 Å². The van der Waals surface area contributed by atoms with Gasteiger partial charge in [0.05, 0.1) is 11.1 Å². The Kier molecular flexibility index (Phi) is 3.81. The molecule has 1 aliphatic rings. The van der Waals surface area contributed by atoms with Crippen LogP contribution < -0.4 is 5.32 Å². The van der Waals surface area contributed by atoms with E-state index in [-0.39, 0.29) is 5.82 Å². The van der Waals surface area contributed by atoms with Gasteiger partial charge in [-0.1, -0.05) is 0 Å². The maximum Gasteiger partial charge on any atom is 0.184 e. The molecule has 4 rings (SSSR count). The highest BCUT2D eigenvalue weighted by Crippen LogP contribution is 2.39. The second-order valence-corrected chi connectivity index (χ2v) is 6.80. The molecule has 0 aliphatic heterocycles. The van der Waals surface area contributed by atoms with Crippen molar-refractivity contribution in [2.45, 2.75) is 25.2 Å². The van der Waals surface area contributed by atoms with Crippen LogP contribution in [0.2, 0.25) is 0 Å². The highest BCUT2D eigenvalue weighted by Gasteiger charge is 2.25. The number of hydrogen-bond acceptors (Lipinski definition) is 6. The standard InChI is InChI=1S/C16H14FN5OS/c17-11-8-18-16(13-4-3-10(24-13)5-6-23)20-15(11)19-14-7-12(21-22-14)9-1-2-9/h3-4,6-9H,1-2,5H2,(H2,18,19,20,21,22). The first kappa shape index (κ1) is 14.9. The Morgan fingerprint density at radius 1 is 1.42 bits per heavy atom. The molecule has 122 valence electrons. The lowest BCUT2D eigenvalue weighted by molar-refractivity contribution is -0.107. The predicted molar refractivity (Wildman–Crippen MR) is 88.9 cm³/mol. The molecule has 0 aromatic carbocycles. The van der Waals surface area contributed by atoms with Gasteiger partial charge in [0.2, 0.25) is 0 Å². The topological polar surface area (TPSA) is 83.6 Å². The first-order chi connectivity index (χ1) is 11.7. The lowest BCUT2D eigenvalue weighted by Gasteiger charge is -2.04. The Labute approximate surface area is 141 Å². The normalized spacial score (nSPS) is 13.9. The molecule has 1 fully saturated rings. The molecule has 0 unspecified atom stereocenters. The van der Waals surface area contributed by atoms with Crippen molar-refractivity contribution in [2.24, 2.45) is 0 Å². The average molecular weight is 343 g/mol. The number of nitrogens with zero attached hydrogens (tertiary/aromatic N) is 3. The average Bonchev–Trinajstić information content (AvgIpc) is 3.14. The van der Waals surface area contributed by atoms with Gasteiger partial charge in [-0.15, -0.1) is 11.3 Å². The number of aromatic nitrogens is 4. The van der Waals surface area contributed by atoms with E-state index < -0.39 is 5.82 Å². The first-order valence-corrected chi connectivity index (χ1v) is 8.42. The molecule has 0 bridgehead atoms. The number of aromatic amines is 1. The summed E-state index contributed by atoms with van der Waals surface area (Å²) in [6.45, 7) is 0. The van der Waals surface area contributed by atoms with Gasteiger partial charge in [0.1, 0.15) is 6.29 Å². The van der Waals surface area contributed by atoms with Crippen LogP contribution >= 0.6 is 11.3 Å². The van der Waals surface area contributed by atoms with Gasteiger partial charge in [0, 0.05) is 29.0 Å². The molecule has 8 heteroatoms. The van der Waals surface area contributed by atoms with Crippen molar-refractivity contribution in [3.8, 4) is 10.7 Å². The van der Waals surface area contributed by atoms with E-state index in [1.807, 2.05) is 18.2 Å². The minimum atomic E-state index is -0.542. The van der Waals surface area contributed by atoms with E-state index in [1.54, 1.807) is 0 Å². The summed E-state index contributed by atoms with van der Waals surface area (Å²) in [5, 5.41) is 10.0. The Balaban J connectivity index is 1.58. The zero-order valence-corrected chi connectivity index (χ0v) is 13.4. The molecule has 2 N–H and O–H groups in total. The van der Waals surface area contributed by atoms with E-state index in [4.69, 9.17) is 0 Å². The third-order valence-electron chi connectivity index (χ3n) is 3.77. The van der Waals surface area contributed by atoms with Crippen LogP contribution in [-0.4, -0.2) is 26.5 Å². The molecule has 0 radical (unpaired) electrons. The third kappa shape index (κ3) is 3.05. The fraction of sp³-hybridized carbons (Fsp3) is 0.250. The van der Waals surface area contributed by atoms with Gasteiger partial charge in [-0.05, 0) is 25.0 Å². The molecule has 0 saturated heterocycles. The summed E-state index contributed by atoms with van der Waals surface area (Å²) in [5.41, 5.74) is 1.06. The molecule has 3 aromatic rings. The second kappa shape index (κ2) is 6.12. The van der Waals surface area contributed by atoms with Crippen LogP contribution in [0.15, 0.2) is 24.4 Å². The maximum atomic E-state index is 14.0. The number of halogens is 1. The molecule has 3 aromatic heterocycles. The van der Waals surface area contributed by atoms with E-state index in [2.05, 4.69) is 25.5 Å². The molecule has 1 aliphatic carbocycles. The van der Waals surface area contributed by atoms with Crippen molar-refractivity contribution in [3.05, 3.63) is 40.8 Å². The Morgan fingerprint density at radius 3 is 3.08 bits per heavy atom. The molecule has 0 atom stereocenters. The van der Waals surface area contributed by atoms with Crippen LogP contribution in [-0.2, 0) is 11.2 Å². The van der Waals surface area contributed by atoms with E-state index in [1.165, 1.54) is 11.3 Å². The van der Waals surface area contributed by atoms with Crippen molar-refractivity contribution < 1.29 is 9.18 Å². The summed E-state index contributed by atoms with van der Waals surface area (Å²) in [5.74, 6) is 1.03. The van der Waals surface area contributed by atoms with Gasteiger partial charge in [0.25, 0.3) is 0 Å². The van der Waals surface area contributed by atoms with Crippen molar-refractivity contribution in [2.75, 3.05) is 5.32 Å². The molecule has 24 heavy (non-hydrogen) atoms. The van der Waals surface area contributed by atoms with Gasteiger partial charge in [-0.25, -0.2) is 14.4 Å². The van der Waals surface area contributed by atoms with Gasteiger partial charge < -0.3 is 10.1 Å². The molecule has 1 saturated carbocycles. The van der Waals surface area contributed by atoms with Crippen molar-refractivity contribution in [1.82, 2.24) is 20.2 Å². The summed E-state index contributed by atoms with van der Waals surface area (Å²) < 4.78 is 14.0. The summed E-state index contributed by atoms with van der Waals surface area (Å²) in [6, 6.07) is 5.57. The monoisotopic (exact) mass is 343 g/mol. The zero-order chi connectivity index (χ0) is 16.5. The molecule has 3 heterocycles. The van der Waals surface area contributed by atoms with E-state index in [0.29, 0.717) is 24.0 Å². The van der Waals surface area contributed by atoms with Crippen LogP contribution in [0.3, 0.4) is 0 Å². The number of anilines is 2. The first-order valence-electron chi connectivity index (χ1n) is 7.60. The highest BCUT2D eigenvalue weighted by molar-refractivity contribution is 7.15. The number of nitrogens with one attached hydrogen (secondary N) is 2. The number of thiophene rings is 1. The Morgan fingerprint density at radius 2 is 2.29 bits per heavy atom. The number of aldehydes is 1. The number of carbonyl (C=O) groups excluding carboxylic acids is 1. The van der Waals surface area contributed by atoms with Crippen LogP contribution in [0.5, 0.6) is 0 Å². The third-order valence-corrected chi connectivity index (χ3v) is 4.88. The molecular weight excluding hydrogens is 329 g/mol. The molecule has 6 nitrogen and oxygen atoms in total. The van der Waals surface area contributed by atoms with Gasteiger partial charge >= 0.3 is 0 Å². The number of rotatable bonds is 6. The van der Waals surface area contributed by atoms with Gasteiger partial charge in [-0.3, -0.25) is 5.10 Å². The molecule has 0 spiro atoms. The SMILES string of the molecule is O=CCc1ccc(-c2ncc(F)c(Nc3cc(C4CC4)[nH]n3)n2)s1. The Hall–Kier alpha value is -2.61. The Bertz CT molecular complexity index is 886. The quantitative estimate of drug-likeness (QED) is 0.670. The fourth-order valence-corrected chi connectivity index (χ4v) is 3.28. The minimum Gasteiger partial charge on any atom is -0.321 e. The van der Waals surface area contributed by atoms with Crippen LogP contribution in [0, 0.1) is 5.82 Å². The largest absolute Gasteiger partial charge is 0.321 e.